The Morgan fingerprint density at radius 3 is 1.85 bits per heavy atom. The van der Waals surface area contributed by atoms with Crippen molar-refractivity contribution in [1.82, 2.24) is 0 Å². The summed E-state index contributed by atoms with van der Waals surface area (Å²) in [5.74, 6) is -0.610. The molecule has 0 bridgehead atoms. The van der Waals surface area contributed by atoms with E-state index >= 15 is 0 Å². The Morgan fingerprint density at radius 2 is 1.21 bits per heavy atom. The van der Waals surface area contributed by atoms with Crippen molar-refractivity contribution >= 4 is 11.9 Å². The second-order valence-corrected chi connectivity index (χ2v) is 6.80. The molecule has 0 fully saturated rings. The van der Waals surface area contributed by atoms with Gasteiger partial charge in [0.1, 0.15) is 35.0 Å². The molecule has 0 unspecified atom stereocenters. The molecule has 0 spiro atoms. The maximum absolute atomic E-state index is 11.7. The Balaban J connectivity index is 0.000000186. The lowest BCUT2D eigenvalue weighted by Crippen LogP contribution is -2.05. The molecule has 0 saturated heterocycles. The van der Waals surface area contributed by atoms with Gasteiger partial charge in [-0.25, -0.2) is 9.59 Å². The second-order valence-electron chi connectivity index (χ2n) is 6.80. The average Bonchev–Trinajstić information content (AvgIpc) is 2.85. The number of esters is 1. The third-order valence-corrected chi connectivity index (χ3v) is 4.43. The van der Waals surface area contributed by atoms with E-state index in [1.54, 1.807) is 42.5 Å². The number of phenols is 1. The maximum Gasteiger partial charge on any atom is 0.342 e. The first kappa shape index (κ1) is 23.1. The van der Waals surface area contributed by atoms with Crippen molar-refractivity contribution in [1.29, 1.82) is 0 Å². The number of aromatic hydroxyl groups is 1. The molecule has 2 N–H and O–H groups in total. The predicted octanol–water partition coefficient (Wildman–Crippen LogP) is 5.93. The van der Waals surface area contributed by atoms with Crippen LogP contribution in [0.5, 0.6) is 17.2 Å². The summed E-state index contributed by atoms with van der Waals surface area (Å²) >= 11 is 0. The van der Waals surface area contributed by atoms with Crippen LogP contribution in [0.2, 0.25) is 0 Å². The molecule has 4 aromatic rings. The van der Waals surface area contributed by atoms with Gasteiger partial charge < -0.3 is 19.7 Å². The van der Waals surface area contributed by atoms with Crippen LogP contribution in [0.1, 0.15) is 26.3 Å². The number of phenolic OH excluding ortho intramolecular Hbond substituents is 1. The smallest absolute Gasteiger partial charge is 0.342 e. The Bertz CT molecular complexity index is 1190. The highest BCUT2D eigenvalue weighted by Crippen LogP contribution is 2.24. The number of rotatable bonds is 6. The van der Waals surface area contributed by atoms with Crippen LogP contribution in [0.3, 0.4) is 0 Å². The highest BCUT2D eigenvalue weighted by Gasteiger charge is 2.12. The zero-order valence-electron chi connectivity index (χ0n) is 17.6. The molecular formula is C27H22O6. The van der Waals surface area contributed by atoms with E-state index in [1.807, 2.05) is 48.5 Å². The number of ether oxygens (including phenoxy) is 2. The summed E-state index contributed by atoms with van der Waals surface area (Å²) in [4.78, 5) is 22.6. The Labute approximate surface area is 191 Å². The molecule has 166 valence electrons. The first-order chi connectivity index (χ1) is 16.0. The van der Waals surface area contributed by atoms with Crippen molar-refractivity contribution in [2.45, 2.75) is 6.61 Å². The van der Waals surface area contributed by atoms with Crippen LogP contribution < -0.4 is 4.74 Å². The zero-order chi connectivity index (χ0) is 23.5. The van der Waals surface area contributed by atoms with Crippen molar-refractivity contribution in [3.05, 3.63) is 126 Å². The van der Waals surface area contributed by atoms with Crippen molar-refractivity contribution in [2.75, 3.05) is 0 Å². The maximum atomic E-state index is 11.7. The van der Waals surface area contributed by atoms with Crippen LogP contribution in [-0.4, -0.2) is 22.2 Å². The van der Waals surface area contributed by atoms with Crippen LogP contribution in [0, 0.1) is 0 Å². The number of para-hydroxylation sites is 3. The van der Waals surface area contributed by atoms with E-state index in [1.165, 1.54) is 18.2 Å². The molecule has 0 amide bonds. The third-order valence-electron chi connectivity index (χ3n) is 4.43. The van der Waals surface area contributed by atoms with E-state index < -0.39 is 11.9 Å². The van der Waals surface area contributed by atoms with Crippen molar-refractivity contribution in [2.24, 2.45) is 0 Å². The van der Waals surface area contributed by atoms with Gasteiger partial charge in [0.2, 0.25) is 0 Å². The molecule has 6 nitrogen and oxygen atoms in total. The van der Waals surface area contributed by atoms with Crippen molar-refractivity contribution in [3.8, 4) is 17.2 Å². The fraction of sp³-hybridized carbons (Fsp3) is 0.0370. The van der Waals surface area contributed by atoms with Gasteiger partial charge in [0.05, 0.1) is 0 Å². The number of aromatic carboxylic acids is 1. The predicted molar refractivity (Wildman–Crippen MR) is 124 cm³/mol. The SMILES string of the molecule is O=C(O)c1ccccc1Oc1ccccc1.O=C(OCc1ccccc1)c1ccccc1O. The fourth-order valence-electron chi connectivity index (χ4n) is 2.79. The molecule has 0 aliphatic heterocycles. The van der Waals surface area contributed by atoms with Gasteiger partial charge in [-0.15, -0.1) is 0 Å². The van der Waals surface area contributed by atoms with E-state index in [2.05, 4.69) is 0 Å². The molecule has 0 aliphatic rings. The monoisotopic (exact) mass is 442 g/mol. The molecule has 0 aromatic heterocycles. The largest absolute Gasteiger partial charge is 0.507 e. The Hall–Kier alpha value is -4.58. The Kier molecular flexibility index (Phi) is 8.20. The minimum Gasteiger partial charge on any atom is -0.507 e. The van der Waals surface area contributed by atoms with E-state index in [9.17, 15) is 14.7 Å². The Morgan fingerprint density at radius 1 is 0.667 bits per heavy atom. The van der Waals surface area contributed by atoms with Crippen molar-refractivity contribution in [3.63, 3.8) is 0 Å². The second kappa shape index (κ2) is 11.7. The van der Waals surface area contributed by atoms with Gasteiger partial charge in [-0.1, -0.05) is 72.8 Å². The van der Waals surface area contributed by atoms with Crippen LogP contribution >= 0.6 is 0 Å². The van der Waals surface area contributed by atoms with Gasteiger partial charge in [0.15, 0.2) is 0 Å². The van der Waals surface area contributed by atoms with Gasteiger partial charge in [-0.2, -0.15) is 0 Å². The summed E-state index contributed by atoms with van der Waals surface area (Å²) < 4.78 is 10.6. The summed E-state index contributed by atoms with van der Waals surface area (Å²) in [5, 5.41) is 18.4. The van der Waals surface area contributed by atoms with Crippen LogP contribution in [0.4, 0.5) is 0 Å². The summed E-state index contributed by atoms with van der Waals surface area (Å²) in [5.41, 5.74) is 1.26. The number of benzene rings is 4. The molecule has 0 radical (unpaired) electrons. The molecule has 4 aromatic carbocycles. The highest BCUT2D eigenvalue weighted by atomic mass is 16.5. The number of carboxylic acid groups (broad SMARTS) is 1. The number of hydrogen-bond acceptors (Lipinski definition) is 5. The molecule has 0 aliphatic carbocycles. The number of carboxylic acids is 1. The van der Waals surface area contributed by atoms with E-state index in [0.29, 0.717) is 11.5 Å². The minimum atomic E-state index is -0.994. The quantitative estimate of drug-likeness (QED) is 0.360. The van der Waals surface area contributed by atoms with Gasteiger partial charge in [0.25, 0.3) is 0 Å². The van der Waals surface area contributed by atoms with E-state index in [-0.39, 0.29) is 23.5 Å². The van der Waals surface area contributed by atoms with Crippen LogP contribution in [0.25, 0.3) is 0 Å². The standard InChI is InChI=1S/C14H12O3.C13H10O3/c15-13-9-5-4-8-12(13)14(16)17-10-11-6-2-1-3-7-11;14-13(15)11-8-4-5-9-12(11)16-10-6-2-1-3-7-10/h1-9,15H,10H2;1-9H,(H,14,15). The lowest BCUT2D eigenvalue weighted by Gasteiger charge is -2.07. The molecule has 4 rings (SSSR count). The average molecular weight is 442 g/mol. The number of carbonyl (C=O) groups is 2. The van der Waals surface area contributed by atoms with Crippen LogP contribution in [0.15, 0.2) is 109 Å². The lowest BCUT2D eigenvalue weighted by atomic mass is 10.2. The summed E-state index contributed by atoms with van der Waals surface area (Å²) in [6, 6.07) is 31.4. The number of hydrogen-bond donors (Lipinski definition) is 2. The number of carbonyl (C=O) groups excluding carboxylic acids is 1. The third kappa shape index (κ3) is 6.97. The lowest BCUT2D eigenvalue weighted by molar-refractivity contribution is 0.0469. The molecule has 0 heterocycles. The summed E-state index contributed by atoms with van der Waals surface area (Å²) in [7, 11) is 0. The fourth-order valence-corrected chi connectivity index (χ4v) is 2.79. The highest BCUT2D eigenvalue weighted by molar-refractivity contribution is 5.92. The minimum absolute atomic E-state index is 0.0643. The molecule has 0 saturated carbocycles. The van der Waals surface area contributed by atoms with Gasteiger partial charge >= 0.3 is 11.9 Å². The van der Waals surface area contributed by atoms with Crippen LogP contribution in [-0.2, 0) is 11.3 Å². The van der Waals surface area contributed by atoms with Gasteiger partial charge in [-0.05, 0) is 42.0 Å². The van der Waals surface area contributed by atoms with E-state index in [0.717, 1.165) is 5.56 Å². The van der Waals surface area contributed by atoms with Gasteiger partial charge in [-0.3, -0.25) is 0 Å². The van der Waals surface area contributed by atoms with Gasteiger partial charge in [0, 0.05) is 0 Å². The molecular weight excluding hydrogens is 420 g/mol. The normalized spacial score (nSPS) is 9.82. The first-order valence-electron chi connectivity index (χ1n) is 10.1. The zero-order valence-corrected chi connectivity index (χ0v) is 17.6. The summed E-state index contributed by atoms with van der Waals surface area (Å²) in [6.07, 6.45) is 0. The van der Waals surface area contributed by atoms with Crippen molar-refractivity contribution < 1.29 is 29.3 Å². The molecule has 33 heavy (non-hydrogen) atoms. The molecule has 0 atom stereocenters. The van der Waals surface area contributed by atoms with E-state index in [4.69, 9.17) is 14.6 Å². The first-order valence-corrected chi connectivity index (χ1v) is 10.1. The molecule has 6 heteroatoms. The summed E-state index contributed by atoms with van der Waals surface area (Å²) in [6.45, 7) is 0.202. The topological polar surface area (TPSA) is 93.1 Å².